The van der Waals surface area contributed by atoms with Crippen LogP contribution in [0.5, 0.6) is 0 Å². The van der Waals surface area contributed by atoms with Gasteiger partial charge in [-0.05, 0) is 45.9 Å². The molecule has 0 spiro atoms. The van der Waals surface area contributed by atoms with E-state index in [9.17, 15) is 8.78 Å². The molecule has 0 aliphatic carbocycles. The van der Waals surface area contributed by atoms with Gasteiger partial charge >= 0.3 is 0 Å². The van der Waals surface area contributed by atoms with Crippen LogP contribution in [0.3, 0.4) is 0 Å². The van der Waals surface area contributed by atoms with Crippen LogP contribution in [-0.4, -0.2) is 5.16 Å². The highest BCUT2D eigenvalue weighted by Crippen LogP contribution is 2.25. The van der Waals surface area contributed by atoms with Crippen molar-refractivity contribution >= 4 is 0 Å². The molecule has 2 atom stereocenters. The van der Waals surface area contributed by atoms with Gasteiger partial charge in [-0.3, -0.25) is 0 Å². The number of halogens is 2. The molecule has 108 valence electrons. The van der Waals surface area contributed by atoms with Crippen LogP contribution < -0.4 is 5.32 Å². The Kier molecular flexibility index (Phi) is 4.18. The minimum absolute atomic E-state index is 0.0704. The van der Waals surface area contributed by atoms with Crippen molar-refractivity contribution in [3.05, 3.63) is 52.4 Å². The van der Waals surface area contributed by atoms with Gasteiger partial charge in [0.2, 0.25) is 0 Å². The van der Waals surface area contributed by atoms with Crippen molar-refractivity contribution in [2.75, 3.05) is 0 Å². The van der Waals surface area contributed by atoms with Crippen molar-refractivity contribution in [1.82, 2.24) is 10.5 Å². The lowest BCUT2D eigenvalue weighted by atomic mass is 10.0. The fraction of sp³-hybridized carbons (Fsp3) is 0.400. The summed E-state index contributed by atoms with van der Waals surface area (Å²) in [6, 6.07) is 3.08. The molecule has 1 aromatic carbocycles. The molecule has 0 aliphatic heterocycles. The Labute approximate surface area is 117 Å². The molecular formula is C15H18F2N2O. The zero-order valence-electron chi connectivity index (χ0n) is 12.0. The summed E-state index contributed by atoms with van der Waals surface area (Å²) in [5.74, 6) is -0.133. The Hall–Kier alpha value is -1.75. The van der Waals surface area contributed by atoms with Crippen molar-refractivity contribution in [2.45, 2.75) is 39.8 Å². The van der Waals surface area contributed by atoms with Gasteiger partial charge in [0.05, 0.1) is 5.69 Å². The predicted octanol–water partition coefficient (Wildman–Crippen LogP) is 3.98. The molecule has 0 aliphatic rings. The Balaban J connectivity index is 2.19. The molecule has 2 unspecified atom stereocenters. The predicted molar refractivity (Wildman–Crippen MR) is 72.3 cm³/mol. The van der Waals surface area contributed by atoms with Gasteiger partial charge in [0.15, 0.2) is 0 Å². The number of hydrogen-bond donors (Lipinski definition) is 1. The number of nitrogens with zero attached hydrogens (tertiary/aromatic N) is 1. The Morgan fingerprint density at radius 1 is 1.15 bits per heavy atom. The van der Waals surface area contributed by atoms with E-state index in [1.165, 1.54) is 6.07 Å². The molecule has 0 radical (unpaired) electrons. The van der Waals surface area contributed by atoms with E-state index in [2.05, 4.69) is 10.5 Å². The van der Waals surface area contributed by atoms with Crippen molar-refractivity contribution in [2.24, 2.45) is 0 Å². The minimum atomic E-state index is -0.444. The average Bonchev–Trinajstić information content (AvgIpc) is 2.71. The first-order valence-electron chi connectivity index (χ1n) is 6.54. The monoisotopic (exact) mass is 280 g/mol. The Bertz CT molecular complexity index is 590. The van der Waals surface area contributed by atoms with Gasteiger partial charge in [-0.1, -0.05) is 5.16 Å². The molecule has 1 N–H and O–H groups in total. The van der Waals surface area contributed by atoms with Gasteiger partial charge in [-0.15, -0.1) is 0 Å². The van der Waals surface area contributed by atoms with Crippen molar-refractivity contribution < 1.29 is 13.3 Å². The van der Waals surface area contributed by atoms with Crippen LogP contribution in [0.15, 0.2) is 22.7 Å². The zero-order chi connectivity index (χ0) is 14.9. The van der Waals surface area contributed by atoms with Gasteiger partial charge < -0.3 is 9.84 Å². The quantitative estimate of drug-likeness (QED) is 0.920. The SMILES string of the molecule is Cc1noc(C)c1C(C)NC(C)c1cc(F)ccc1F. The summed E-state index contributed by atoms with van der Waals surface area (Å²) >= 11 is 0. The molecule has 5 heteroatoms. The van der Waals surface area contributed by atoms with Crippen LogP contribution >= 0.6 is 0 Å². The molecule has 3 nitrogen and oxygen atoms in total. The van der Waals surface area contributed by atoms with Gasteiger partial charge in [0.25, 0.3) is 0 Å². The number of hydrogen-bond acceptors (Lipinski definition) is 3. The minimum Gasteiger partial charge on any atom is -0.361 e. The third kappa shape index (κ3) is 2.88. The number of benzene rings is 1. The normalized spacial score (nSPS) is 14.3. The van der Waals surface area contributed by atoms with Crippen molar-refractivity contribution in [3.8, 4) is 0 Å². The first-order chi connectivity index (χ1) is 9.40. The molecule has 1 heterocycles. The first kappa shape index (κ1) is 14.7. The molecule has 0 fully saturated rings. The number of nitrogens with one attached hydrogen (secondary N) is 1. The lowest BCUT2D eigenvalue weighted by Gasteiger charge is -2.21. The summed E-state index contributed by atoms with van der Waals surface area (Å²) in [5.41, 5.74) is 2.06. The van der Waals surface area contributed by atoms with E-state index in [0.717, 1.165) is 29.2 Å². The maximum absolute atomic E-state index is 13.7. The summed E-state index contributed by atoms with van der Waals surface area (Å²) in [5, 5.41) is 7.14. The fourth-order valence-corrected chi connectivity index (χ4v) is 2.50. The van der Waals surface area contributed by atoms with Gasteiger partial charge in [-0.2, -0.15) is 0 Å². The van der Waals surface area contributed by atoms with Crippen molar-refractivity contribution in [3.63, 3.8) is 0 Å². The molecule has 0 amide bonds. The second-order valence-corrected chi connectivity index (χ2v) is 5.01. The second-order valence-electron chi connectivity index (χ2n) is 5.01. The number of aryl methyl sites for hydroxylation is 2. The number of aromatic nitrogens is 1. The molecule has 0 saturated carbocycles. The molecular weight excluding hydrogens is 262 g/mol. The second kappa shape index (κ2) is 5.71. The molecule has 20 heavy (non-hydrogen) atoms. The van der Waals surface area contributed by atoms with Crippen LogP contribution in [0.4, 0.5) is 8.78 Å². The summed E-state index contributed by atoms with van der Waals surface area (Å²) in [6.45, 7) is 7.44. The van der Waals surface area contributed by atoms with Crippen LogP contribution in [0.25, 0.3) is 0 Å². The maximum Gasteiger partial charge on any atom is 0.138 e. The largest absolute Gasteiger partial charge is 0.361 e. The summed E-state index contributed by atoms with van der Waals surface area (Å²) in [7, 11) is 0. The third-order valence-electron chi connectivity index (χ3n) is 3.45. The van der Waals surface area contributed by atoms with Crippen LogP contribution in [0.2, 0.25) is 0 Å². The lowest BCUT2D eigenvalue weighted by molar-refractivity contribution is 0.389. The van der Waals surface area contributed by atoms with E-state index in [4.69, 9.17) is 4.52 Å². The van der Waals surface area contributed by atoms with Crippen molar-refractivity contribution in [1.29, 1.82) is 0 Å². The molecule has 2 rings (SSSR count). The van der Waals surface area contributed by atoms with Gasteiger partial charge in [0, 0.05) is 23.2 Å². The van der Waals surface area contributed by atoms with Crippen LogP contribution in [0.1, 0.15) is 48.5 Å². The maximum atomic E-state index is 13.7. The highest BCUT2D eigenvalue weighted by molar-refractivity contribution is 5.26. The van der Waals surface area contributed by atoms with Gasteiger partial charge in [0.1, 0.15) is 17.4 Å². The van der Waals surface area contributed by atoms with E-state index in [-0.39, 0.29) is 12.1 Å². The Morgan fingerprint density at radius 3 is 2.45 bits per heavy atom. The highest BCUT2D eigenvalue weighted by Gasteiger charge is 2.20. The standard InChI is InChI=1S/C15H18F2N2O/c1-8(13-7-12(16)5-6-14(13)17)18-9(2)15-10(3)19-20-11(15)4/h5-9,18H,1-4H3. The van der Waals surface area contributed by atoms with E-state index in [1.54, 1.807) is 6.92 Å². The van der Waals surface area contributed by atoms with E-state index in [1.807, 2.05) is 20.8 Å². The number of rotatable bonds is 4. The fourth-order valence-electron chi connectivity index (χ4n) is 2.50. The van der Waals surface area contributed by atoms with Crippen LogP contribution in [0, 0.1) is 25.5 Å². The van der Waals surface area contributed by atoms with E-state index >= 15 is 0 Å². The van der Waals surface area contributed by atoms with E-state index < -0.39 is 11.6 Å². The highest BCUT2D eigenvalue weighted by atomic mass is 19.1. The third-order valence-corrected chi connectivity index (χ3v) is 3.45. The van der Waals surface area contributed by atoms with E-state index in [0.29, 0.717) is 5.56 Å². The summed E-state index contributed by atoms with van der Waals surface area (Å²) < 4.78 is 32.1. The first-order valence-corrected chi connectivity index (χ1v) is 6.54. The average molecular weight is 280 g/mol. The Morgan fingerprint density at radius 2 is 1.85 bits per heavy atom. The topological polar surface area (TPSA) is 38.1 Å². The zero-order valence-corrected chi connectivity index (χ0v) is 12.0. The smallest absolute Gasteiger partial charge is 0.138 e. The molecule has 1 aromatic heterocycles. The lowest BCUT2D eigenvalue weighted by Crippen LogP contribution is -2.24. The van der Waals surface area contributed by atoms with Crippen LogP contribution in [-0.2, 0) is 0 Å². The van der Waals surface area contributed by atoms with Gasteiger partial charge in [-0.25, -0.2) is 8.78 Å². The summed E-state index contributed by atoms with van der Waals surface area (Å²) in [4.78, 5) is 0. The molecule has 0 bridgehead atoms. The summed E-state index contributed by atoms with van der Waals surface area (Å²) in [6.07, 6.45) is 0. The molecule has 2 aromatic rings. The molecule has 0 saturated heterocycles.